The standard InChI is InChI=1S/C29H41BF3N5O7/c1-25(2,3)43-24(42)35-21(15-18-10-12-19(13-11-18)29(31,32)33)22(39)38-16-20(28(17-38,23(40)41)36-37-34)9-8-14-30-44-26(4,5)27(6,7)45-30/h10-13,20-21,34H,8-9,14-17H2,1-7H3,(H-,35,40,41,42)/t20-,21?,28-/m0/s1. The number of nitrogens with one attached hydrogen (secondary N) is 2. The van der Waals surface area contributed by atoms with Crippen LogP contribution in [0.25, 0.3) is 0 Å². The van der Waals surface area contributed by atoms with Crippen LogP contribution in [0.3, 0.4) is 0 Å². The van der Waals surface area contributed by atoms with Crippen LogP contribution in [0.1, 0.15) is 72.4 Å². The molecule has 0 saturated carbocycles. The fourth-order valence-corrected chi connectivity index (χ4v) is 5.42. The van der Waals surface area contributed by atoms with Crippen LogP contribution in [0.2, 0.25) is 6.32 Å². The van der Waals surface area contributed by atoms with Crippen LogP contribution in [0.4, 0.5) is 18.0 Å². The Morgan fingerprint density at radius 3 is 2.22 bits per heavy atom. The molecule has 2 N–H and O–H groups in total. The van der Waals surface area contributed by atoms with Gasteiger partial charge in [0.05, 0.1) is 29.3 Å². The van der Waals surface area contributed by atoms with Crippen LogP contribution >= 0.6 is 0 Å². The normalized spacial score (nSPS) is 23.3. The molecule has 0 spiro atoms. The summed E-state index contributed by atoms with van der Waals surface area (Å²) in [6.07, 6.45) is -4.62. The van der Waals surface area contributed by atoms with Crippen molar-refractivity contribution in [2.45, 2.75) is 109 Å². The first-order valence-corrected chi connectivity index (χ1v) is 14.7. The summed E-state index contributed by atoms with van der Waals surface area (Å²) in [4.78, 5) is 43.2. The summed E-state index contributed by atoms with van der Waals surface area (Å²) >= 11 is 0. The minimum Gasteiger partial charge on any atom is -0.547 e. The van der Waals surface area contributed by atoms with Crippen molar-refractivity contribution < 1.29 is 46.7 Å². The minimum absolute atomic E-state index is 0.116. The molecule has 2 aliphatic rings. The number of amides is 2. The quantitative estimate of drug-likeness (QED) is 0.224. The first-order chi connectivity index (χ1) is 20.6. The second-order valence-corrected chi connectivity index (χ2v) is 13.5. The van der Waals surface area contributed by atoms with Crippen molar-refractivity contribution in [1.29, 1.82) is 5.53 Å². The van der Waals surface area contributed by atoms with Gasteiger partial charge in [-0.2, -0.15) is 13.2 Å². The molecule has 2 heterocycles. The number of carboxylic acid groups (broad SMARTS) is 1. The van der Waals surface area contributed by atoms with E-state index in [-0.39, 0.29) is 19.4 Å². The molecule has 0 aliphatic carbocycles. The van der Waals surface area contributed by atoms with Crippen molar-refractivity contribution in [2.24, 2.45) is 11.0 Å². The number of alkyl halides is 3. The Balaban J connectivity index is 1.83. The SMILES string of the molecule is CC(C)(C)OC(=O)NC(Cc1ccc(C(F)(F)F)cc1)C(=O)N1C[C@H](CCCB2OC(C)(C)C(C)(C)O2)[C@](N=[N+]=N)(C(=O)[O-])C1. The molecule has 1 aromatic rings. The Morgan fingerprint density at radius 2 is 1.73 bits per heavy atom. The Labute approximate surface area is 260 Å². The molecular formula is C29H41BF3N5O7. The second kappa shape index (κ2) is 13.1. The van der Waals surface area contributed by atoms with Gasteiger partial charge < -0.3 is 34.2 Å². The Bertz CT molecular complexity index is 1290. The van der Waals surface area contributed by atoms with Gasteiger partial charge in [-0.05, 0) is 78.9 Å². The Kier molecular flexibility index (Phi) is 10.5. The molecule has 3 atom stereocenters. The van der Waals surface area contributed by atoms with E-state index < -0.39 is 77.7 Å². The van der Waals surface area contributed by atoms with Gasteiger partial charge in [-0.15, -0.1) is 0 Å². The third-order valence-electron chi connectivity index (χ3n) is 8.45. The van der Waals surface area contributed by atoms with Crippen molar-refractivity contribution in [2.75, 3.05) is 13.1 Å². The van der Waals surface area contributed by atoms with Gasteiger partial charge in [-0.25, -0.2) is 4.79 Å². The highest BCUT2D eigenvalue weighted by atomic mass is 19.4. The summed E-state index contributed by atoms with van der Waals surface area (Å²) < 4.78 is 56.6. The highest BCUT2D eigenvalue weighted by Gasteiger charge is 2.55. The highest BCUT2D eigenvalue weighted by molar-refractivity contribution is 6.45. The number of rotatable bonds is 10. The summed E-state index contributed by atoms with van der Waals surface area (Å²) in [5.74, 6) is -3.13. The van der Waals surface area contributed by atoms with Gasteiger partial charge in [0.15, 0.2) is 0 Å². The molecule has 0 aromatic heterocycles. The molecule has 2 aliphatic heterocycles. The first-order valence-electron chi connectivity index (χ1n) is 14.7. The van der Waals surface area contributed by atoms with E-state index in [9.17, 15) is 32.7 Å². The van der Waals surface area contributed by atoms with E-state index in [0.29, 0.717) is 18.3 Å². The number of carbonyl (C=O) groups excluding carboxylic acids is 3. The number of benzene rings is 1. The maximum atomic E-state index is 13.9. The number of alkyl carbamates (subject to hydrolysis) is 1. The lowest BCUT2D eigenvalue weighted by Gasteiger charge is -2.32. The van der Waals surface area contributed by atoms with Gasteiger partial charge in [-0.1, -0.05) is 18.6 Å². The van der Waals surface area contributed by atoms with Crippen LogP contribution in [0, 0.1) is 11.4 Å². The van der Waals surface area contributed by atoms with Crippen LogP contribution in [0.5, 0.6) is 0 Å². The predicted octanol–water partition coefficient (Wildman–Crippen LogP) is 3.51. The fraction of sp³-hybridized carbons (Fsp3) is 0.690. The van der Waals surface area contributed by atoms with Crippen LogP contribution in [-0.2, 0) is 36.2 Å². The summed E-state index contributed by atoms with van der Waals surface area (Å²) in [5.41, 5.74) is 2.68. The second-order valence-electron chi connectivity index (χ2n) is 13.5. The zero-order valence-electron chi connectivity index (χ0n) is 26.6. The van der Waals surface area contributed by atoms with Gasteiger partial charge in [0, 0.05) is 18.9 Å². The van der Waals surface area contributed by atoms with Crippen molar-refractivity contribution in [3.05, 3.63) is 35.4 Å². The molecule has 1 unspecified atom stereocenters. The number of aliphatic carboxylic acids is 1. The maximum absolute atomic E-state index is 13.9. The largest absolute Gasteiger partial charge is 0.547 e. The molecule has 2 amide bonds. The number of nitrogens with zero attached hydrogens (tertiary/aromatic N) is 3. The molecule has 3 rings (SSSR count). The van der Waals surface area contributed by atoms with Gasteiger partial charge >= 0.3 is 19.4 Å². The van der Waals surface area contributed by atoms with E-state index in [1.165, 1.54) is 17.0 Å². The molecule has 2 fully saturated rings. The molecule has 0 radical (unpaired) electrons. The number of hydrogen-bond donors (Lipinski definition) is 2. The van der Waals surface area contributed by atoms with Crippen molar-refractivity contribution >= 4 is 25.1 Å². The van der Waals surface area contributed by atoms with Gasteiger partial charge in [0.2, 0.25) is 16.4 Å². The van der Waals surface area contributed by atoms with Gasteiger partial charge in [-0.3, -0.25) is 4.79 Å². The molecule has 45 heavy (non-hydrogen) atoms. The van der Waals surface area contributed by atoms with E-state index in [0.717, 1.165) is 12.1 Å². The highest BCUT2D eigenvalue weighted by Crippen LogP contribution is 2.40. The van der Waals surface area contributed by atoms with Crippen LogP contribution in [-0.4, -0.2) is 71.5 Å². The number of halogens is 3. The zero-order valence-corrected chi connectivity index (χ0v) is 26.6. The summed E-state index contributed by atoms with van der Waals surface area (Å²) in [6, 6.07) is 2.80. The van der Waals surface area contributed by atoms with E-state index in [1.807, 2.05) is 27.7 Å². The third kappa shape index (κ3) is 8.62. The lowest BCUT2D eigenvalue weighted by Crippen LogP contribution is -2.54. The number of carbonyl (C=O) groups is 3. The third-order valence-corrected chi connectivity index (χ3v) is 8.45. The van der Waals surface area contributed by atoms with Crippen molar-refractivity contribution in [3.8, 4) is 0 Å². The molecule has 0 bridgehead atoms. The van der Waals surface area contributed by atoms with E-state index >= 15 is 0 Å². The Hall–Kier alpha value is -3.49. The summed E-state index contributed by atoms with van der Waals surface area (Å²) in [6.45, 7) is 11.9. The molecule has 12 nitrogen and oxygen atoms in total. The lowest BCUT2D eigenvalue weighted by molar-refractivity contribution is -0.314. The number of ether oxygens (including phenoxy) is 1. The topological polar surface area (TPSA) is 168 Å². The maximum Gasteiger partial charge on any atom is 0.457 e. The number of likely N-dealkylation sites (tertiary alicyclic amines) is 1. The molecule has 16 heteroatoms. The first kappa shape index (κ1) is 36.0. The predicted molar refractivity (Wildman–Crippen MR) is 154 cm³/mol. The minimum atomic E-state index is -4.56. The van der Waals surface area contributed by atoms with E-state index in [4.69, 9.17) is 19.6 Å². The average molecular weight is 639 g/mol. The molecule has 248 valence electrons. The summed E-state index contributed by atoms with van der Waals surface area (Å²) in [7, 11) is -0.532. The molecular weight excluding hydrogens is 598 g/mol. The smallest absolute Gasteiger partial charge is 0.457 e. The molecule has 1 aromatic carbocycles. The summed E-state index contributed by atoms with van der Waals surface area (Å²) in [5, 5.41) is 18.7. The monoisotopic (exact) mass is 639 g/mol. The van der Waals surface area contributed by atoms with E-state index in [2.05, 4.69) is 15.3 Å². The van der Waals surface area contributed by atoms with Gasteiger partial charge in [0.25, 0.3) is 0 Å². The number of carboxylic acids is 1. The van der Waals surface area contributed by atoms with Crippen molar-refractivity contribution in [1.82, 2.24) is 15.1 Å². The van der Waals surface area contributed by atoms with E-state index in [1.54, 1.807) is 20.8 Å². The Morgan fingerprint density at radius 1 is 1.16 bits per heavy atom. The zero-order chi connectivity index (χ0) is 34.0. The van der Waals surface area contributed by atoms with Crippen LogP contribution < -0.4 is 15.3 Å². The van der Waals surface area contributed by atoms with Crippen molar-refractivity contribution in [3.63, 3.8) is 0 Å². The lowest BCUT2D eigenvalue weighted by atomic mass is 9.78. The van der Waals surface area contributed by atoms with Crippen LogP contribution in [0.15, 0.2) is 29.4 Å². The average Bonchev–Trinajstić information content (AvgIpc) is 3.35. The van der Waals surface area contributed by atoms with Gasteiger partial charge in [0.1, 0.15) is 22.3 Å². The fourth-order valence-electron chi connectivity index (χ4n) is 5.42. The molecule has 2 saturated heterocycles. The number of hydrogen-bond acceptors (Lipinski definition) is 9.